The molecule has 0 saturated carbocycles. The topological polar surface area (TPSA) is 56.0 Å². The minimum absolute atomic E-state index is 0.651. The standard InChI is InChI=1S/C17H15N5S2/c1-11-8-12(2)22-16(18-11)20-21-17(22)24-10-14-9-23-15(19-14)13-6-4-3-5-7-13/h3-9H,10H2,1-2H3. The van der Waals surface area contributed by atoms with Crippen LogP contribution in [-0.4, -0.2) is 24.6 Å². The zero-order valence-electron chi connectivity index (χ0n) is 13.3. The van der Waals surface area contributed by atoms with Gasteiger partial charge in [0.2, 0.25) is 0 Å². The molecule has 4 aromatic rings. The SMILES string of the molecule is Cc1cc(C)n2c(SCc3csc(-c4ccccc4)n3)nnc2n1. The summed E-state index contributed by atoms with van der Waals surface area (Å²) >= 11 is 3.30. The molecule has 24 heavy (non-hydrogen) atoms. The van der Waals surface area contributed by atoms with E-state index in [9.17, 15) is 0 Å². The number of thiazole rings is 1. The molecule has 7 heteroatoms. The zero-order chi connectivity index (χ0) is 16.5. The highest BCUT2D eigenvalue weighted by molar-refractivity contribution is 7.98. The van der Waals surface area contributed by atoms with Crippen molar-refractivity contribution in [3.63, 3.8) is 0 Å². The molecule has 0 radical (unpaired) electrons. The summed E-state index contributed by atoms with van der Waals surface area (Å²) in [6.45, 7) is 4.01. The van der Waals surface area contributed by atoms with Crippen molar-refractivity contribution >= 4 is 28.9 Å². The van der Waals surface area contributed by atoms with Crippen LogP contribution in [0.5, 0.6) is 0 Å². The molecule has 0 amide bonds. The van der Waals surface area contributed by atoms with Crippen LogP contribution in [0.3, 0.4) is 0 Å². The molecule has 0 aliphatic carbocycles. The van der Waals surface area contributed by atoms with Gasteiger partial charge in [-0.15, -0.1) is 21.5 Å². The van der Waals surface area contributed by atoms with Crippen molar-refractivity contribution in [3.05, 3.63) is 58.9 Å². The minimum Gasteiger partial charge on any atom is -0.259 e. The number of rotatable bonds is 4. The normalized spacial score (nSPS) is 11.2. The molecule has 0 N–H and O–H groups in total. The van der Waals surface area contributed by atoms with E-state index in [4.69, 9.17) is 4.98 Å². The molecule has 3 aromatic heterocycles. The summed E-state index contributed by atoms with van der Waals surface area (Å²) < 4.78 is 1.99. The highest BCUT2D eigenvalue weighted by Gasteiger charge is 2.11. The Morgan fingerprint density at radius 1 is 1.08 bits per heavy atom. The third kappa shape index (κ3) is 2.92. The van der Waals surface area contributed by atoms with Crippen molar-refractivity contribution in [2.75, 3.05) is 0 Å². The summed E-state index contributed by atoms with van der Waals surface area (Å²) in [6.07, 6.45) is 0. The average molecular weight is 353 g/mol. The Balaban J connectivity index is 1.55. The van der Waals surface area contributed by atoms with Crippen LogP contribution >= 0.6 is 23.1 Å². The van der Waals surface area contributed by atoms with Crippen LogP contribution in [0.2, 0.25) is 0 Å². The molecule has 0 unspecified atom stereocenters. The van der Waals surface area contributed by atoms with Gasteiger partial charge < -0.3 is 0 Å². The Labute approximate surface area is 147 Å². The summed E-state index contributed by atoms with van der Waals surface area (Å²) in [4.78, 5) is 9.14. The summed E-state index contributed by atoms with van der Waals surface area (Å²) in [6, 6.07) is 12.3. The fraction of sp³-hybridized carbons (Fsp3) is 0.176. The molecule has 3 heterocycles. The summed E-state index contributed by atoms with van der Waals surface area (Å²) in [7, 11) is 0. The Morgan fingerprint density at radius 3 is 2.75 bits per heavy atom. The van der Waals surface area contributed by atoms with Gasteiger partial charge in [0.15, 0.2) is 5.16 Å². The van der Waals surface area contributed by atoms with E-state index in [0.29, 0.717) is 5.78 Å². The first-order valence-electron chi connectivity index (χ1n) is 7.53. The van der Waals surface area contributed by atoms with Crippen LogP contribution < -0.4 is 0 Å². The molecule has 5 nitrogen and oxygen atoms in total. The van der Waals surface area contributed by atoms with Crippen LogP contribution in [0.1, 0.15) is 17.1 Å². The fourth-order valence-corrected chi connectivity index (χ4v) is 4.33. The quantitative estimate of drug-likeness (QED) is 0.516. The average Bonchev–Trinajstić information content (AvgIpc) is 3.20. The molecule has 120 valence electrons. The first-order chi connectivity index (χ1) is 11.7. The first kappa shape index (κ1) is 15.3. The molecule has 0 spiro atoms. The van der Waals surface area contributed by atoms with Gasteiger partial charge in [-0.05, 0) is 19.9 Å². The highest BCUT2D eigenvalue weighted by Crippen LogP contribution is 2.27. The predicted octanol–water partition coefficient (Wildman–Crippen LogP) is 4.16. The highest BCUT2D eigenvalue weighted by atomic mass is 32.2. The monoisotopic (exact) mass is 353 g/mol. The molecular formula is C17H15N5S2. The molecule has 4 rings (SSSR count). The van der Waals surface area contributed by atoms with E-state index in [1.807, 2.05) is 42.5 Å². The third-order valence-electron chi connectivity index (χ3n) is 3.58. The van der Waals surface area contributed by atoms with E-state index in [-0.39, 0.29) is 0 Å². The van der Waals surface area contributed by atoms with Gasteiger partial charge in [-0.2, -0.15) is 0 Å². The van der Waals surface area contributed by atoms with Crippen molar-refractivity contribution in [3.8, 4) is 10.6 Å². The number of hydrogen-bond acceptors (Lipinski definition) is 6. The van der Waals surface area contributed by atoms with Crippen molar-refractivity contribution in [2.24, 2.45) is 0 Å². The van der Waals surface area contributed by atoms with E-state index in [1.165, 1.54) is 0 Å². The van der Waals surface area contributed by atoms with Crippen LogP contribution in [0.4, 0.5) is 0 Å². The summed E-state index contributed by atoms with van der Waals surface area (Å²) in [5.41, 5.74) is 4.25. The van der Waals surface area contributed by atoms with E-state index in [2.05, 4.69) is 32.7 Å². The van der Waals surface area contributed by atoms with Gasteiger partial charge in [-0.3, -0.25) is 4.40 Å². The number of thioether (sulfide) groups is 1. The van der Waals surface area contributed by atoms with Crippen molar-refractivity contribution in [1.82, 2.24) is 24.6 Å². The van der Waals surface area contributed by atoms with Gasteiger partial charge in [0.1, 0.15) is 5.01 Å². The Bertz CT molecular complexity index is 991. The molecule has 0 atom stereocenters. The van der Waals surface area contributed by atoms with Gasteiger partial charge >= 0.3 is 0 Å². The van der Waals surface area contributed by atoms with Gasteiger partial charge in [-0.1, -0.05) is 42.1 Å². The van der Waals surface area contributed by atoms with Crippen LogP contribution in [-0.2, 0) is 5.75 Å². The number of hydrogen-bond donors (Lipinski definition) is 0. The number of benzene rings is 1. The number of aromatic nitrogens is 5. The van der Waals surface area contributed by atoms with Gasteiger partial charge in [-0.25, -0.2) is 9.97 Å². The fourth-order valence-electron chi connectivity index (χ4n) is 2.52. The van der Waals surface area contributed by atoms with E-state index in [0.717, 1.165) is 38.6 Å². The van der Waals surface area contributed by atoms with E-state index >= 15 is 0 Å². The van der Waals surface area contributed by atoms with E-state index in [1.54, 1.807) is 23.1 Å². The summed E-state index contributed by atoms with van der Waals surface area (Å²) in [5.74, 6) is 1.41. The van der Waals surface area contributed by atoms with Crippen LogP contribution in [0, 0.1) is 13.8 Å². The van der Waals surface area contributed by atoms with Gasteiger partial charge in [0.05, 0.1) is 5.69 Å². The molecule has 0 aliphatic rings. The predicted molar refractivity (Wildman–Crippen MR) is 97.4 cm³/mol. The van der Waals surface area contributed by atoms with E-state index < -0.39 is 0 Å². The van der Waals surface area contributed by atoms with Crippen molar-refractivity contribution < 1.29 is 0 Å². The largest absolute Gasteiger partial charge is 0.259 e. The lowest BCUT2D eigenvalue weighted by molar-refractivity contribution is 0.885. The number of aryl methyl sites for hydroxylation is 2. The Kier molecular flexibility index (Phi) is 4.03. The molecular weight excluding hydrogens is 338 g/mol. The second-order valence-corrected chi connectivity index (χ2v) is 7.26. The molecule has 0 saturated heterocycles. The first-order valence-corrected chi connectivity index (χ1v) is 9.39. The molecule has 0 aliphatic heterocycles. The van der Waals surface area contributed by atoms with Gasteiger partial charge in [0, 0.05) is 28.1 Å². The van der Waals surface area contributed by atoms with Crippen LogP contribution in [0.25, 0.3) is 16.3 Å². The molecule has 1 aromatic carbocycles. The third-order valence-corrected chi connectivity index (χ3v) is 5.49. The maximum Gasteiger partial charge on any atom is 0.256 e. The second-order valence-electron chi connectivity index (χ2n) is 5.46. The lowest BCUT2D eigenvalue weighted by Gasteiger charge is -2.03. The lowest BCUT2D eigenvalue weighted by atomic mass is 10.2. The Hall–Kier alpha value is -2.25. The maximum atomic E-state index is 4.72. The number of nitrogens with zero attached hydrogens (tertiary/aromatic N) is 5. The van der Waals surface area contributed by atoms with Crippen LogP contribution in [0.15, 0.2) is 46.9 Å². The minimum atomic E-state index is 0.651. The molecule has 0 fully saturated rings. The van der Waals surface area contributed by atoms with Crippen molar-refractivity contribution in [1.29, 1.82) is 0 Å². The maximum absolute atomic E-state index is 4.72. The zero-order valence-corrected chi connectivity index (χ0v) is 14.9. The molecule has 0 bridgehead atoms. The Morgan fingerprint density at radius 2 is 1.92 bits per heavy atom. The second kappa shape index (κ2) is 6.33. The lowest BCUT2D eigenvalue weighted by Crippen LogP contribution is -1.97. The smallest absolute Gasteiger partial charge is 0.256 e. The number of fused-ring (bicyclic) bond motifs is 1. The van der Waals surface area contributed by atoms with Gasteiger partial charge in [0.25, 0.3) is 5.78 Å². The van der Waals surface area contributed by atoms with Crippen molar-refractivity contribution in [2.45, 2.75) is 24.8 Å². The summed E-state index contributed by atoms with van der Waals surface area (Å²) in [5, 5.41) is 12.4.